The molecule has 0 bridgehead atoms. The molecule has 0 radical (unpaired) electrons. The molecule has 5 heteroatoms. The van der Waals surface area contributed by atoms with Crippen molar-refractivity contribution < 1.29 is 4.79 Å². The van der Waals surface area contributed by atoms with Crippen molar-refractivity contribution in [3.8, 4) is 0 Å². The lowest BCUT2D eigenvalue weighted by molar-refractivity contribution is -0.119. The molecule has 0 aliphatic rings. The van der Waals surface area contributed by atoms with Gasteiger partial charge in [0.2, 0.25) is 5.91 Å². The standard InChI is InChI=1S/C15H18ClN3O/c1-9-6-5-7-10(2)14(9)17-15(20)12(4)19-8-13(16)11(3)18-19/h5-8,12H,1-4H3,(H,17,20). The van der Waals surface area contributed by atoms with Crippen molar-refractivity contribution in [3.05, 3.63) is 46.2 Å². The Bertz CT molecular complexity index is 609. The first-order chi connectivity index (χ1) is 9.40. The number of halogens is 1. The second-order valence-electron chi connectivity index (χ2n) is 4.97. The summed E-state index contributed by atoms with van der Waals surface area (Å²) in [6.45, 7) is 7.56. The number of benzene rings is 1. The fourth-order valence-electron chi connectivity index (χ4n) is 2.02. The van der Waals surface area contributed by atoms with Crippen LogP contribution in [0.3, 0.4) is 0 Å². The summed E-state index contributed by atoms with van der Waals surface area (Å²) in [5.74, 6) is -0.110. The molecular weight excluding hydrogens is 274 g/mol. The van der Waals surface area contributed by atoms with Gasteiger partial charge in [0.05, 0.1) is 10.7 Å². The van der Waals surface area contributed by atoms with Crippen molar-refractivity contribution in [2.75, 3.05) is 5.32 Å². The number of carbonyl (C=O) groups is 1. The van der Waals surface area contributed by atoms with Gasteiger partial charge in [-0.15, -0.1) is 0 Å². The molecule has 1 unspecified atom stereocenters. The zero-order chi connectivity index (χ0) is 14.9. The molecule has 0 fully saturated rings. The molecule has 0 aliphatic heterocycles. The van der Waals surface area contributed by atoms with Crippen LogP contribution in [0.5, 0.6) is 0 Å². The summed E-state index contributed by atoms with van der Waals surface area (Å²) in [4.78, 5) is 12.3. The summed E-state index contributed by atoms with van der Waals surface area (Å²) < 4.78 is 1.58. The number of para-hydroxylation sites is 1. The third-order valence-corrected chi connectivity index (χ3v) is 3.73. The van der Waals surface area contributed by atoms with Gasteiger partial charge in [-0.25, -0.2) is 0 Å². The number of amides is 1. The predicted molar refractivity (Wildman–Crippen MR) is 81.2 cm³/mol. The normalized spacial score (nSPS) is 12.2. The van der Waals surface area contributed by atoms with Crippen molar-refractivity contribution in [2.45, 2.75) is 33.7 Å². The third-order valence-electron chi connectivity index (χ3n) is 3.36. The van der Waals surface area contributed by atoms with Crippen LogP contribution >= 0.6 is 11.6 Å². The maximum Gasteiger partial charge on any atom is 0.248 e. The van der Waals surface area contributed by atoms with Gasteiger partial charge >= 0.3 is 0 Å². The highest BCUT2D eigenvalue weighted by molar-refractivity contribution is 6.31. The highest BCUT2D eigenvalue weighted by Crippen LogP contribution is 2.22. The molecule has 0 saturated heterocycles. The van der Waals surface area contributed by atoms with Gasteiger partial charge in [0.1, 0.15) is 6.04 Å². The average Bonchev–Trinajstić information content (AvgIpc) is 2.73. The van der Waals surface area contributed by atoms with E-state index in [0.717, 1.165) is 22.5 Å². The SMILES string of the molecule is Cc1cccc(C)c1NC(=O)C(C)n1cc(Cl)c(C)n1. The summed E-state index contributed by atoms with van der Waals surface area (Å²) in [5, 5.41) is 7.77. The molecule has 20 heavy (non-hydrogen) atoms. The Morgan fingerprint density at radius 1 is 1.30 bits per heavy atom. The van der Waals surface area contributed by atoms with Gasteiger partial charge in [0.25, 0.3) is 0 Å². The molecular formula is C15H18ClN3O. The molecule has 106 valence electrons. The van der Waals surface area contributed by atoms with Crippen LogP contribution in [0.2, 0.25) is 5.02 Å². The molecule has 1 atom stereocenters. The highest BCUT2D eigenvalue weighted by atomic mass is 35.5. The largest absolute Gasteiger partial charge is 0.324 e. The minimum atomic E-state index is -0.416. The smallest absolute Gasteiger partial charge is 0.248 e. The molecule has 1 N–H and O–H groups in total. The lowest BCUT2D eigenvalue weighted by atomic mass is 10.1. The summed E-state index contributed by atoms with van der Waals surface area (Å²) in [5.41, 5.74) is 3.66. The van der Waals surface area contributed by atoms with Crippen LogP contribution in [0.1, 0.15) is 29.8 Å². The Labute approximate surface area is 123 Å². The number of aromatic nitrogens is 2. The van der Waals surface area contributed by atoms with E-state index in [9.17, 15) is 4.79 Å². The van der Waals surface area contributed by atoms with E-state index >= 15 is 0 Å². The number of nitrogens with zero attached hydrogens (tertiary/aromatic N) is 2. The lowest BCUT2D eigenvalue weighted by Crippen LogP contribution is -2.24. The second-order valence-corrected chi connectivity index (χ2v) is 5.38. The number of anilines is 1. The first-order valence-electron chi connectivity index (χ1n) is 6.48. The lowest BCUT2D eigenvalue weighted by Gasteiger charge is -2.15. The van der Waals surface area contributed by atoms with Gasteiger partial charge in [-0.1, -0.05) is 29.8 Å². The Morgan fingerprint density at radius 2 is 1.90 bits per heavy atom. The average molecular weight is 292 g/mol. The van der Waals surface area contributed by atoms with E-state index in [1.54, 1.807) is 17.8 Å². The van der Waals surface area contributed by atoms with Gasteiger partial charge in [-0.05, 0) is 38.8 Å². The quantitative estimate of drug-likeness (QED) is 0.938. The number of nitrogens with one attached hydrogen (secondary N) is 1. The first-order valence-corrected chi connectivity index (χ1v) is 6.86. The highest BCUT2D eigenvalue weighted by Gasteiger charge is 2.18. The van der Waals surface area contributed by atoms with Crippen molar-refractivity contribution in [1.29, 1.82) is 0 Å². The van der Waals surface area contributed by atoms with Gasteiger partial charge in [-0.2, -0.15) is 5.10 Å². The molecule has 2 rings (SSSR count). The number of hydrogen-bond acceptors (Lipinski definition) is 2. The van der Waals surface area contributed by atoms with Crippen molar-refractivity contribution >= 4 is 23.2 Å². The molecule has 1 heterocycles. The first kappa shape index (κ1) is 14.6. The van der Waals surface area contributed by atoms with E-state index in [0.29, 0.717) is 5.02 Å². The zero-order valence-corrected chi connectivity index (χ0v) is 12.8. The van der Waals surface area contributed by atoms with Crippen LogP contribution in [0, 0.1) is 20.8 Å². The van der Waals surface area contributed by atoms with E-state index < -0.39 is 6.04 Å². The van der Waals surface area contributed by atoms with Gasteiger partial charge in [-0.3, -0.25) is 9.48 Å². The molecule has 0 spiro atoms. The van der Waals surface area contributed by atoms with Crippen LogP contribution in [0.25, 0.3) is 0 Å². The van der Waals surface area contributed by atoms with Gasteiger partial charge in [0, 0.05) is 11.9 Å². The van der Waals surface area contributed by atoms with Gasteiger partial charge < -0.3 is 5.32 Å². The fraction of sp³-hybridized carbons (Fsp3) is 0.333. The Morgan fingerprint density at radius 3 is 2.40 bits per heavy atom. The van der Waals surface area contributed by atoms with Crippen molar-refractivity contribution in [1.82, 2.24) is 9.78 Å². The van der Waals surface area contributed by atoms with Crippen molar-refractivity contribution in [2.24, 2.45) is 0 Å². The Hall–Kier alpha value is -1.81. The van der Waals surface area contributed by atoms with E-state index in [4.69, 9.17) is 11.6 Å². The van der Waals surface area contributed by atoms with E-state index in [-0.39, 0.29) is 5.91 Å². The number of aryl methyl sites for hydroxylation is 3. The molecule has 1 aromatic heterocycles. The number of rotatable bonds is 3. The molecule has 0 aliphatic carbocycles. The topological polar surface area (TPSA) is 46.9 Å². The Balaban J connectivity index is 2.20. The fourth-order valence-corrected chi connectivity index (χ4v) is 2.15. The molecule has 4 nitrogen and oxygen atoms in total. The predicted octanol–water partition coefficient (Wildman–Crippen LogP) is 3.66. The molecule has 2 aromatic rings. The summed E-state index contributed by atoms with van der Waals surface area (Å²) in [7, 11) is 0. The summed E-state index contributed by atoms with van der Waals surface area (Å²) in [6, 6.07) is 5.50. The molecule has 1 aromatic carbocycles. The zero-order valence-electron chi connectivity index (χ0n) is 12.1. The maximum absolute atomic E-state index is 12.3. The second kappa shape index (κ2) is 5.67. The number of carbonyl (C=O) groups excluding carboxylic acids is 1. The summed E-state index contributed by atoms with van der Waals surface area (Å²) >= 11 is 5.97. The van der Waals surface area contributed by atoms with Crippen LogP contribution in [0.4, 0.5) is 5.69 Å². The van der Waals surface area contributed by atoms with E-state index in [1.165, 1.54) is 0 Å². The number of hydrogen-bond donors (Lipinski definition) is 1. The van der Waals surface area contributed by atoms with Crippen LogP contribution < -0.4 is 5.32 Å². The van der Waals surface area contributed by atoms with Crippen LogP contribution in [-0.2, 0) is 4.79 Å². The Kier molecular flexibility index (Phi) is 4.14. The monoisotopic (exact) mass is 291 g/mol. The summed E-state index contributed by atoms with van der Waals surface area (Å²) in [6.07, 6.45) is 1.67. The maximum atomic E-state index is 12.3. The minimum Gasteiger partial charge on any atom is -0.324 e. The van der Waals surface area contributed by atoms with Crippen molar-refractivity contribution in [3.63, 3.8) is 0 Å². The van der Waals surface area contributed by atoms with Gasteiger partial charge in [0.15, 0.2) is 0 Å². The van der Waals surface area contributed by atoms with E-state index in [1.807, 2.05) is 39.0 Å². The van der Waals surface area contributed by atoms with Crippen LogP contribution in [-0.4, -0.2) is 15.7 Å². The molecule has 1 amide bonds. The molecule has 0 saturated carbocycles. The minimum absolute atomic E-state index is 0.110. The third kappa shape index (κ3) is 2.85. The van der Waals surface area contributed by atoms with Crippen LogP contribution in [0.15, 0.2) is 24.4 Å². The van der Waals surface area contributed by atoms with E-state index in [2.05, 4.69) is 10.4 Å².